The van der Waals surface area contributed by atoms with Gasteiger partial charge in [-0.25, -0.2) is 0 Å². The van der Waals surface area contributed by atoms with Crippen LogP contribution < -0.4 is 4.74 Å². The Morgan fingerprint density at radius 1 is 1.10 bits per heavy atom. The summed E-state index contributed by atoms with van der Waals surface area (Å²) in [6.45, 7) is 7.72. The Kier molecular flexibility index (Phi) is 4.09. The van der Waals surface area contributed by atoms with Gasteiger partial charge >= 0.3 is 0 Å². The first-order valence-corrected chi connectivity index (χ1v) is 6.81. The minimum Gasteiger partial charge on any atom is -0.489 e. The molecule has 0 saturated heterocycles. The molecule has 1 aromatic carbocycles. The number of hydrogen-bond donors (Lipinski definition) is 1. The summed E-state index contributed by atoms with van der Waals surface area (Å²) in [6, 6.07) is 9.70. The molecule has 3 nitrogen and oxygen atoms in total. The fourth-order valence-corrected chi connectivity index (χ4v) is 2.07. The van der Waals surface area contributed by atoms with Crippen LogP contribution in [0.25, 0.3) is 0 Å². The van der Waals surface area contributed by atoms with Gasteiger partial charge in [0.1, 0.15) is 11.4 Å². The van der Waals surface area contributed by atoms with Gasteiger partial charge in [0, 0.05) is 11.8 Å². The molecule has 0 radical (unpaired) electrons. The van der Waals surface area contributed by atoms with E-state index in [1.165, 1.54) is 5.56 Å². The molecule has 3 heteroatoms. The van der Waals surface area contributed by atoms with Crippen molar-refractivity contribution < 1.29 is 9.84 Å². The molecule has 1 N–H and O–H groups in total. The Labute approximate surface area is 120 Å². The summed E-state index contributed by atoms with van der Waals surface area (Å²) in [5.74, 6) is 0.671. The third-order valence-electron chi connectivity index (χ3n) is 3.26. The van der Waals surface area contributed by atoms with Crippen molar-refractivity contribution in [3.63, 3.8) is 0 Å². The lowest BCUT2D eigenvalue weighted by molar-refractivity contribution is 0.101. The lowest BCUT2D eigenvalue weighted by Crippen LogP contribution is -2.23. The van der Waals surface area contributed by atoms with Crippen LogP contribution in [0.3, 0.4) is 0 Å². The number of benzene rings is 1. The van der Waals surface area contributed by atoms with Gasteiger partial charge in [-0.15, -0.1) is 0 Å². The predicted octanol–water partition coefficient (Wildman–Crippen LogP) is 3.43. The van der Waals surface area contributed by atoms with Crippen molar-refractivity contribution in [1.29, 1.82) is 0 Å². The van der Waals surface area contributed by atoms with E-state index in [1.807, 2.05) is 51.1 Å². The van der Waals surface area contributed by atoms with E-state index in [0.717, 1.165) is 11.1 Å². The highest BCUT2D eigenvalue weighted by molar-refractivity contribution is 5.37. The highest BCUT2D eigenvalue weighted by atomic mass is 16.5. The van der Waals surface area contributed by atoms with Gasteiger partial charge in [0.05, 0.1) is 12.3 Å². The Morgan fingerprint density at radius 3 is 2.35 bits per heavy atom. The fraction of sp³-hybridized carbons (Fsp3) is 0.353. The van der Waals surface area contributed by atoms with E-state index in [1.54, 1.807) is 19.3 Å². The zero-order valence-corrected chi connectivity index (χ0v) is 12.4. The summed E-state index contributed by atoms with van der Waals surface area (Å²) < 4.78 is 5.63. The van der Waals surface area contributed by atoms with Crippen LogP contribution in [0.2, 0.25) is 0 Å². The van der Waals surface area contributed by atoms with Crippen LogP contribution in [0, 0.1) is 6.92 Å². The number of aryl methyl sites for hydroxylation is 1. The van der Waals surface area contributed by atoms with E-state index in [9.17, 15) is 5.11 Å². The van der Waals surface area contributed by atoms with Crippen molar-refractivity contribution in [3.05, 3.63) is 59.4 Å². The van der Waals surface area contributed by atoms with Gasteiger partial charge in [-0.3, -0.25) is 4.98 Å². The van der Waals surface area contributed by atoms with Crippen molar-refractivity contribution >= 4 is 0 Å². The highest BCUT2D eigenvalue weighted by Crippen LogP contribution is 2.30. The smallest absolute Gasteiger partial charge is 0.138 e. The standard InChI is InChI=1S/C17H21NO2/c1-12(2)20-16-9-15(10-18-11-16)17(4,19)14-7-5-13(3)6-8-14/h5-12,19H,1-4H3. The van der Waals surface area contributed by atoms with Crippen molar-refractivity contribution in [2.75, 3.05) is 0 Å². The van der Waals surface area contributed by atoms with Crippen LogP contribution in [0.15, 0.2) is 42.7 Å². The Balaban J connectivity index is 2.35. The SMILES string of the molecule is Cc1ccc(C(C)(O)c2cncc(OC(C)C)c2)cc1. The van der Waals surface area contributed by atoms with Crippen molar-refractivity contribution in [2.24, 2.45) is 0 Å². The monoisotopic (exact) mass is 271 g/mol. The average Bonchev–Trinajstić information content (AvgIpc) is 2.39. The average molecular weight is 271 g/mol. The van der Waals surface area contributed by atoms with E-state index >= 15 is 0 Å². The van der Waals surface area contributed by atoms with Gasteiger partial charge in [0.2, 0.25) is 0 Å². The van der Waals surface area contributed by atoms with E-state index < -0.39 is 5.60 Å². The summed E-state index contributed by atoms with van der Waals surface area (Å²) in [5.41, 5.74) is 1.64. The number of nitrogens with zero attached hydrogens (tertiary/aromatic N) is 1. The Hall–Kier alpha value is -1.87. The summed E-state index contributed by atoms with van der Waals surface area (Å²) in [7, 11) is 0. The molecular weight excluding hydrogens is 250 g/mol. The Morgan fingerprint density at radius 2 is 1.75 bits per heavy atom. The number of ether oxygens (including phenoxy) is 1. The normalized spacial score (nSPS) is 14.1. The van der Waals surface area contributed by atoms with Crippen LogP contribution in [0.1, 0.15) is 37.5 Å². The van der Waals surface area contributed by atoms with Crippen molar-refractivity contribution in [1.82, 2.24) is 4.98 Å². The van der Waals surface area contributed by atoms with Gasteiger partial charge in [-0.2, -0.15) is 0 Å². The first-order valence-electron chi connectivity index (χ1n) is 6.81. The molecule has 106 valence electrons. The van der Waals surface area contributed by atoms with Gasteiger partial charge < -0.3 is 9.84 Å². The minimum absolute atomic E-state index is 0.0800. The van der Waals surface area contributed by atoms with E-state index in [4.69, 9.17) is 4.74 Å². The second-order valence-corrected chi connectivity index (χ2v) is 5.51. The number of aromatic nitrogens is 1. The fourth-order valence-electron chi connectivity index (χ4n) is 2.07. The largest absolute Gasteiger partial charge is 0.489 e. The molecule has 1 aromatic heterocycles. The second-order valence-electron chi connectivity index (χ2n) is 5.51. The third kappa shape index (κ3) is 3.17. The minimum atomic E-state index is -1.09. The maximum absolute atomic E-state index is 10.8. The third-order valence-corrected chi connectivity index (χ3v) is 3.26. The molecule has 0 aliphatic heterocycles. The molecule has 1 unspecified atom stereocenters. The van der Waals surface area contributed by atoms with Crippen LogP contribution in [0.5, 0.6) is 5.75 Å². The highest BCUT2D eigenvalue weighted by Gasteiger charge is 2.26. The molecule has 0 aliphatic rings. The zero-order chi connectivity index (χ0) is 14.8. The molecule has 0 amide bonds. The molecule has 20 heavy (non-hydrogen) atoms. The lowest BCUT2D eigenvalue weighted by atomic mass is 9.89. The topological polar surface area (TPSA) is 42.4 Å². The molecule has 0 aliphatic carbocycles. The van der Waals surface area contributed by atoms with Crippen LogP contribution in [-0.2, 0) is 5.60 Å². The van der Waals surface area contributed by atoms with E-state index in [0.29, 0.717) is 5.75 Å². The quantitative estimate of drug-likeness (QED) is 0.926. The van der Waals surface area contributed by atoms with Gasteiger partial charge in [-0.1, -0.05) is 29.8 Å². The van der Waals surface area contributed by atoms with Crippen LogP contribution in [0.4, 0.5) is 0 Å². The Bertz CT molecular complexity index is 574. The number of aliphatic hydroxyl groups is 1. The molecule has 0 bridgehead atoms. The molecule has 2 aromatic rings. The van der Waals surface area contributed by atoms with Gasteiger partial charge in [0.15, 0.2) is 0 Å². The molecular formula is C17H21NO2. The summed E-state index contributed by atoms with van der Waals surface area (Å²) in [6.07, 6.45) is 3.42. The van der Waals surface area contributed by atoms with Crippen LogP contribution in [-0.4, -0.2) is 16.2 Å². The molecule has 0 spiro atoms. The lowest BCUT2D eigenvalue weighted by Gasteiger charge is -2.25. The first-order chi connectivity index (χ1) is 9.39. The van der Waals surface area contributed by atoms with Crippen molar-refractivity contribution in [3.8, 4) is 5.75 Å². The number of pyridine rings is 1. The van der Waals surface area contributed by atoms with E-state index in [2.05, 4.69) is 4.98 Å². The molecule has 1 atom stereocenters. The summed E-state index contributed by atoms with van der Waals surface area (Å²) >= 11 is 0. The van der Waals surface area contributed by atoms with Crippen LogP contribution >= 0.6 is 0 Å². The molecule has 1 heterocycles. The summed E-state index contributed by atoms with van der Waals surface area (Å²) in [5, 5.41) is 10.8. The van der Waals surface area contributed by atoms with Crippen molar-refractivity contribution in [2.45, 2.75) is 39.4 Å². The molecule has 0 saturated carbocycles. The number of rotatable bonds is 4. The first kappa shape index (κ1) is 14.5. The molecule has 0 fully saturated rings. The summed E-state index contributed by atoms with van der Waals surface area (Å²) in [4.78, 5) is 4.16. The van der Waals surface area contributed by atoms with Gasteiger partial charge in [-0.05, 0) is 39.3 Å². The zero-order valence-electron chi connectivity index (χ0n) is 12.4. The van der Waals surface area contributed by atoms with Gasteiger partial charge in [0.25, 0.3) is 0 Å². The van der Waals surface area contributed by atoms with E-state index in [-0.39, 0.29) is 6.10 Å². The predicted molar refractivity (Wildman–Crippen MR) is 79.9 cm³/mol. The second kappa shape index (κ2) is 5.63. The number of hydrogen-bond acceptors (Lipinski definition) is 3. The maximum Gasteiger partial charge on any atom is 0.138 e. The molecule has 2 rings (SSSR count). The maximum atomic E-state index is 10.8.